The van der Waals surface area contributed by atoms with E-state index in [1.165, 1.54) is 4.72 Å². The number of rotatable bonds is 4. The lowest BCUT2D eigenvalue weighted by atomic mass is 10.2. The monoisotopic (exact) mass is 477 g/mol. The zero-order chi connectivity index (χ0) is 23.6. The third kappa shape index (κ3) is 5.54. The number of amidine groups is 2. The van der Waals surface area contributed by atoms with Crippen molar-refractivity contribution in [3.05, 3.63) is 29.8 Å². The van der Waals surface area contributed by atoms with E-state index in [0.29, 0.717) is 12.1 Å². The standard InChI is InChI=1S/C14H13F6N5O5S/c1-29-12-21-9(14(18,19)20)25(30-2)10(23-12)22-11(26)24-31(27,28)8-6-4-3-5-7(8)13(15,16)17/h3-6,10H,1-2H3,(H2,22,24,26). The summed E-state index contributed by atoms with van der Waals surface area (Å²) in [6.45, 7) is 0. The van der Waals surface area contributed by atoms with Gasteiger partial charge < -0.3 is 4.74 Å². The number of ether oxygens (including phenoxy) is 1. The van der Waals surface area contributed by atoms with Crippen molar-refractivity contribution in [3.63, 3.8) is 0 Å². The Kier molecular flexibility index (Phi) is 6.69. The SMILES string of the molecule is COC1=NC(NC(=O)NS(=O)(=O)c2ccccc2C(F)(F)F)N(OC)C(C(F)(F)F)=N1. The number of alkyl halides is 6. The van der Waals surface area contributed by atoms with Crippen LogP contribution in [0.1, 0.15) is 5.56 Å². The molecule has 0 saturated heterocycles. The van der Waals surface area contributed by atoms with Crippen LogP contribution < -0.4 is 10.0 Å². The van der Waals surface area contributed by atoms with Gasteiger partial charge in [-0.05, 0) is 12.1 Å². The van der Waals surface area contributed by atoms with E-state index in [4.69, 9.17) is 0 Å². The predicted molar refractivity (Wildman–Crippen MR) is 90.9 cm³/mol. The van der Waals surface area contributed by atoms with Crippen LogP contribution in [0.2, 0.25) is 0 Å². The number of sulfonamides is 1. The van der Waals surface area contributed by atoms with Gasteiger partial charge >= 0.3 is 24.4 Å². The molecule has 0 saturated carbocycles. The van der Waals surface area contributed by atoms with Crippen LogP contribution in [0.3, 0.4) is 0 Å². The summed E-state index contributed by atoms with van der Waals surface area (Å²) in [6, 6.07) is 0.441. The first kappa shape index (κ1) is 24.2. The van der Waals surface area contributed by atoms with Crippen molar-refractivity contribution < 1.29 is 49.1 Å². The van der Waals surface area contributed by atoms with Crippen LogP contribution in [0, 0.1) is 0 Å². The topological polar surface area (TPSA) is 122 Å². The molecule has 172 valence electrons. The number of carbonyl (C=O) groups excluding carboxylic acids is 1. The second-order valence-corrected chi connectivity index (χ2v) is 7.15. The lowest BCUT2D eigenvalue weighted by molar-refractivity contribution is -0.146. The van der Waals surface area contributed by atoms with E-state index in [1.54, 1.807) is 5.32 Å². The minimum absolute atomic E-state index is 0.0155. The minimum atomic E-state index is -5.09. The summed E-state index contributed by atoms with van der Waals surface area (Å²) in [5, 5.41) is 1.70. The van der Waals surface area contributed by atoms with E-state index in [9.17, 15) is 39.6 Å². The maximum Gasteiger partial charge on any atom is 0.451 e. The Hall–Kier alpha value is -3.08. The zero-order valence-corrected chi connectivity index (χ0v) is 16.3. The van der Waals surface area contributed by atoms with Gasteiger partial charge in [0.05, 0.1) is 24.7 Å². The second kappa shape index (κ2) is 8.58. The second-order valence-electron chi connectivity index (χ2n) is 5.50. The fourth-order valence-electron chi connectivity index (χ4n) is 2.26. The highest BCUT2D eigenvalue weighted by Gasteiger charge is 2.46. The van der Waals surface area contributed by atoms with E-state index >= 15 is 0 Å². The van der Waals surface area contributed by atoms with Gasteiger partial charge in [0.15, 0.2) is 0 Å². The third-order valence-corrected chi connectivity index (χ3v) is 4.86. The number of nitrogens with one attached hydrogen (secondary N) is 2. The number of methoxy groups -OCH3 is 1. The van der Waals surface area contributed by atoms with Crippen molar-refractivity contribution in [1.29, 1.82) is 0 Å². The van der Waals surface area contributed by atoms with Gasteiger partial charge in [-0.25, -0.2) is 17.9 Å². The van der Waals surface area contributed by atoms with Crippen LogP contribution in [0.15, 0.2) is 39.1 Å². The Labute approximate surface area is 170 Å². The zero-order valence-electron chi connectivity index (χ0n) is 15.4. The van der Waals surface area contributed by atoms with Gasteiger partial charge in [0.1, 0.15) is 0 Å². The molecule has 0 fully saturated rings. The third-order valence-electron chi connectivity index (χ3n) is 3.47. The average molecular weight is 477 g/mol. The molecule has 10 nitrogen and oxygen atoms in total. The molecule has 1 heterocycles. The maximum absolute atomic E-state index is 13.2. The first-order valence-electron chi connectivity index (χ1n) is 7.81. The molecule has 1 unspecified atom stereocenters. The molecule has 1 atom stereocenters. The lowest BCUT2D eigenvalue weighted by Gasteiger charge is -2.32. The molecule has 31 heavy (non-hydrogen) atoms. The fourth-order valence-corrected chi connectivity index (χ4v) is 3.41. The summed E-state index contributed by atoms with van der Waals surface area (Å²) in [5.41, 5.74) is -1.56. The summed E-state index contributed by atoms with van der Waals surface area (Å²) >= 11 is 0. The molecule has 2 rings (SSSR count). The van der Waals surface area contributed by atoms with Gasteiger partial charge in [-0.15, -0.1) is 0 Å². The normalized spacial score (nSPS) is 17.5. The molecule has 0 radical (unpaired) electrons. The molecule has 17 heteroatoms. The molecule has 0 spiro atoms. The highest BCUT2D eigenvalue weighted by Crippen LogP contribution is 2.33. The minimum Gasteiger partial charge on any atom is -0.467 e. The number of hydrogen-bond donors (Lipinski definition) is 2. The number of benzene rings is 1. The molecule has 2 N–H and O–H groups in total. The number of amides is 2. The van der Waals surface area contributed by atoms with E-state index in [-0.39, 0.29) is 5.06 Å². The molecular weight excluding hydrogens is 464 g/mol. The van der Waals surface area contributed by atoms with Crippen molar-refractivity contribution in [3.8, 4) is 0 Å². The molecule has 1 aromatic carbocycles. The predicted octanol–water partition coefficient (Wildman–Crippen LogP) is 1.82. The molecule has 0 bridgehead atoms. The molecule has 0 aliphatic carbocycles. The Balaban J connectivity index is 2.30. The average Bonchev–Trinajstić information content (AvgIpc) is 2.65. The largest absolute Gasteiger partial charge is 0.467 e. The molecule has 2 amide bonds. The van der Waals surface area contributed by atoms with E-state index in [2.05, 4.69) is 19.6 Å². The van der Waals surface area contributed by atoms with Gasteiger partial charge in [-0.2, -0.15) is 41.4 Å². The molecule has 1 aliphatic heterocycles. The smallest absolute Gasteiger partial charge is 0.451 e. The summed E-state index contributed by atoms with van der Waals surface area (Å²) < 4.78 is 109. The molecule has 1 aromatic rings. The highest BCUT2D eigenvalue weighted by molar-refractivity contribution is 7.90. The number of carbonyl (C=O) groups is 1. The molecular formula is C14H13F6N5O5S. The van der Waals surface area contributed by atoms with Gasteiger partial charge in [0.25, 0.3) is 10.0 Å². The summed E-state index contributed by atoms with van der Waals surface area (Å²) in [5.74, 6) is -1.70. The van der Waals surface area contributed by atoms with Crippen LogP contribution >= 0.6 is 0 Å². The Morgan fingerprint density at radius 3 is 2.23 bits per heavy atom. The highest BCUT2D eigenvalue weighted by atomic mass is 32.2. The van der Waals surface area contributed by atoms with Crippen LogP contribution in [0.25, 0.3) is 0 Å². The van der Waals surface area contributed by atoms with Crippen LogP contribution in [0.4, 0.5) is 31.1 Å². The van der Waals surface area contributed by atoms with Gasteiger partial charge in [-0.3, -0.25) is 10.2 Å². The van der Waals surface area contributed by atoms with E-state index < -0.39 is 57.0 Å². The molecule has 0 aromatic heterocycles. The number of hydroxylamine groups is 2. The number of nitrogens with zero attached hydrogens (tertiary/aromatic N) is 3. The van der Waals surface area contributed by atoms with E-state index in [1.807, 2.05) is 0 Å². The molecule has 1 aliphatic rings. The quantitative estimate of drug-likeness (QED) is 0.639. The van der Waals surface area contributed by atoms with Gasteiger partial charge in [-0.1, -0.05) is 12.1 Å². The van der Waals surface area contributed by atoms with Crippen LogP contribution in [-0.4, -0.2) is 58.1 Å². The summed E-state index contributed by atoms with van der Waals surface area (Å²) in [6.07, 6.45) is -12.2. The van der Waals surface area contributed by atoms with Gasteiger partial charge in [0, 0.05) is 0 Å². The van der Waals surface area contributed by atoms with Crippen molar-refractivity contribution >= 4 is 27.9 Å². The Bertz CT molecular complexity index is 1010. The van der Waals surface area contributed by atoms with Gasteiger partial charge in [0.2, 0.25) is 12.1 Å². The number of hydrogen-bond acceptors (Lipinski definition) is 8. The summed E-state index contributed by atoms with van der Waals surface area (Å²) in [4.78, 5) is 21.8. The number of halogens is 6. The lowest BCUT2D eigenvalue weighted by Crippen LogP contribution is -2.57. The first-order chi connectivity index (χ1) is 14.2. The van der Waals surface area contributed by atoms with Crippen molar-refractivity contribution in [2.45, 2.75) is 23.5 Å². The fraction of sp³-hybridized carbons (Fsp3) is 0.357. The summed E-state index contributed by atoms with van der Waals surface area (Å²) in [7, 11) is -3.38. The van der Waals surface area contributed by atoms with Crippen molar-refractivity contribution in [2.75, 3.05) is 14.2 Å². The Morgan fingerprint density at radius 1 is 1.10 bits per heavy atom. The number of aliphatic imine (C=N–C) groups is 2. The van der Waals surface area contributed by atoms with Crippen molar-refractivity contribution in [1.82, 2.24) is 15.1 Å². The van der Waals surface area contributed by atoms with Crippen LogP contribution in [-0.2, 0) is 25.8 Å². The first-order valence-corrected chi connectivity index (χ1v) is 9.29. The number of urea groups is 1. The van der Waals surface area contributed by atoms with Crippen molar-refractivity contribution in [2.24, 2.45) is 9.98 Å². The van der Waals surface area contributed by atoms with E-state index in [0.717, 1.165) is 26.4 Å². The Morgan fingerprint density at radius 2 is 1.71 bits per heavy atom. The maximum atomic E-state index is 13.2. The van der Waals surface area contributed by atoms with Crippen LogP contribution in [0.5, 0.6) is 0 Å².